The summed E-state index contributed by atoms with van der Waals surface area (Å²) in [5, 5.41) is 11.7. The van der Waals surface area contributed by atoms with Gasteiger partial charge in [0.15, 0.2) is 5.82 Å². The Hall–Kier alpha value is -3.41. The van der Waals surface area contributed by atoms with Crippen LogP contribution in [0.2, 0.25) is 0 Å². The second-order valence-electron chi connectivity index (χ2n) is 7.73. The van der Waals surface area contributed by atoms with Crippen LogP contribution < -0.4 is 15.0 Å². The molecule has 1 saturated heterocycles. The van der Waals surface area contributed by atoms with Crippen LogP contribution in [-0.4, -0.2) is 35.8 Å². The maximum Gasteiger partial charge on any atom is 0.255 e. The Bertz CT molecular complexity index is 980. The second kappa shape index (κ2) is 10.1. The van der Waals surface area contributed by atoms with Gasteiger partial charge >= 0.3 is 0 Å². The topological polar surface area (TPSA) is 67.3 Å². The van der Waals surface area contributed by atoms with E-state index < -0.39 is 0 Å². The summed E-state index contributed by atoms with van der Waals surface area (Å²) in [4.78, 5) is 14.8. The molecule has 0 aliphatic carbocycles. The van der Waals surface area contributed by atoms with Gasteiger partial charge in [-0.1, -0.05) is 25.5 Å². The minimum absolute atomic E-state index is 0.150. The van der Waals surface area contributed by atoms with Crippen LogP contribution >= 0.6 is 0 Å². The molecule has 0 radical (unpaired) electrons. The number of nitrogens with one attached hydrogen (secondary N) is 1. The Morgan fingerprint density at radius 2 is 1.71 bits per heavy atom. The molecule has 6 nitrogen and oxygen atoms in total. The van der Waals surface area contributed by atoms with E-state index >= 15 is 0 Å². The van der Waals surface area contributed by atoms with Crippen molar-refractivity contribution >= 4 is 17.4 Å². The zero-order valence-electron chi connectivity index (χ0n) is 17.9. The fourth-order valence-corrected chi connectivity index (χ4v) is 3.56. The molecule has 2 heterocycles. The van der Waals surface area contributed by atoms with Crippen LogP contribution in [0.1, 0.15) is 43.0 Å². The zero-order valence-corrected chi connectivity index (χ0v) is 17.9. The monoisotopic (exact) mass is 416 g/mol. The van der Waals surface area contributed by atoms with E-state index in [-0.39, 0.29) is 5.91 Å². The maximum atomic E-state index is 12.5. The van der Waals surface area contributed by atoms with Crippen molar-refractivity contribution in [2.75, 3.05) is 29.9 Å². The smallest absolute Gasteiger partial charge is 0.255 e. The van der Waals surface area contributed by atoms with E-state index in [0.29, 0.717) is 12.2 Å². The molecule has 1 aliphatic rings. The van der Waals surface area contributed by atoms with Crippen molar-refractivity contribution in [1.82, 2.24) is 10.2 Å². The highest BCUT2D eigenvalue weighted by atomic mass is 16.5. The summed E-state index contributed by atoms with van der Waals surface area (Å²) in [5.74, 6) is 1.57. The fourth-order valence-electron chi connectivity index (χ4n) is 3.56. The average Bonchev–Trinajstić information content (AvgIpc) is 3.35. The third kappa shape index (κ3) is 5.40. The first-order valence-electron chi connectivity index (χ1n) is 11.0. The lowest BCUT2D eigenvalue weighted by Crippen LogP contribution is -2.19. The van der Waals surface area contributed by atoms with Gasteiger partial charge in [-0.3, -0.25) is 4.79 Å². The molecule has 0 unspecified atom stereocenters. The fraction of sp³-hybridized carbons (Fsp3) is 0.320. The Kier molecular flexibility index (Phi) is 6.77. The van der Waals surface area contributed by atoms with Gasteiger partial charge in [0.25, 0.3) is 5.91 Å². The summed E-state index contributed by atoms with van der Waals surface area (Å²) in [6.45, 7) is 4.93. The van der Waals surface area contributed by atoms with Gasteiger partial charge in [0.05, 0.1) is 12.3 Å². The van der Waals surface area contributed by atoms with Crippen molar-refractivity contribution in [2.24, 2.45) is 0 Å². The summed E-state index contributed by atoms with van der Waals surface area (Å²) in [6.07, 6.45) is 4.54. The molecule has 31 heavy (non-hydrogen) atoms. The largest absolute Gasteiger partial charge is 0.494 e. The Labute approximate surface area is 183 Å². The molecule has 4 rings (SSSR count). The van der Waals surface area contributed by atoms with Gasteiger partial charge in [0.2, 0.25) is 0 Å². The summed E-state index contributed by atoms with van der Waals surface area (Å²) >= 11 is 0. The van der Waals surface area contributed by atoms with Crippen molar-refractivity contribution in [3.05, 3.63) is 66.2 Å². The summed E-state index contributed by atoms with van der Waals surface area (Å²) in [7, 11) is 0. The number of anilines is 2. The van der Waals surface area contributed by atoms with Crippen LogP contribution in [-0.2, 0) is 0 Å². The molecular weight excluding hydrogens is 388 g/mol. The molecule has 3 aromatic rings. The number of amides is 1. The lowest BCUT2D eigenvalue weighted by Gasteiger charge is -2.15. The Morgan fingerprint density at radius 3 is 2.35 bits per heavy atom. The minimum Gasteiger partial charge on any atom is -0.494 e. The van der Waals surface area contributed by atoms with Gasteiger partial charge in [0.1, 0.15) is 5.75 Å². The van der Waals surface area contributed by atoms with Crippen LogP contribution in [0.25, 0.3) is 11.3 Å². The van der Waals surface area contributed by atoms with E-state index in [1.807, 2.05) is 48.5 Å². The maximum absolute atomic E-state index is 12.5. The van der Waals surface area contributed by atoms with E-state index in [2.05, 4.69) is 27.3 Å². The van der Waals surface area contributed by atoms with Crippen molar-refractivity contribution in [1.29, 1.82) is 0 Å². The molecule has 1 amide bonds. The first kappa shape index (κ1) is 20.8. The van der Waals surface area contributed by atoms with E-state index in [9.17, 15) is 4.79 Å². The molecule has 160 valence electrons. The standard InChI is InChI=1S/C25H28N4O2/c1-2-3-18-31-22-12-8-20(9-13-22)25(30)26-21-10-6-19(7-11-21)23-14-15-24(28-27-23)29-16-4-5-17-29/h6-15H,2-5,16-18H2,1H3,(H,26,30). The van der Waals surface area contributed by atoms with E-state index in [1.54, 1.807) is 12.1 Å². The van der Waals surface area contributed by atoms with Crippen LogP contribution in [0.3, 0.4) is 0 Å². The Balaban J connectivity index is 1.35. The number of aromatic nitrogens is 2. The molecule has 1 aromatic heterocycles. The molecule has 1 fully saturated rings. The minimum atomic E-state index is -0.150. The predicted molar refractivity (Wildman–Crippen MR) is 124 cm³/mol. The van der Waals surface area contributed by atoms with Crippen molar-refractivity contribution < 1.29 is 9.53 Å². The molecule has 0 atom stereocenters. The van der Waals surface area contributed by atoms with E-state index in [4.69, 9.17) is 4.74 Å². The zero-order chi connectivity index (χ0) is 21.5. The quantitative estimate of drug-likeness (QED) is 0.513. The van der Waals surface area contributed by atoms with Crippen LogP contribution in [0.4, 0.5) is 11.5 Å². The first-order chi connectivity index (χ1) is 15.2. The molecule has 1 aliphatic heterocycles. The highest BCUT2D eigenvalue weighted by Crippen LogP contribution is 2.23. The van der Waals surface area contributed by atoms with E-state index in [1.165, 1.54) is 12.8 Å². The summed E-state index contributed by atoms with van der Waals surface area (Å²) < 4.78 is 5.65. The van der Waals surface area contributed by atoms with Crippen LogP contribution in [0.15, 0.2) is 60.7 Å². The molecule has 0 spiro atoms. The van der Waals surface area contributed by atoms with Gasteiger partial charge < -0.3 is 15.0 Å². The van der Waals surface area contributed by atoms with Crippen molar-refractivity contribution in [3.63, 3.8) is 0 Å². The lowest BCUT2D eigenvalue weighted by atomic mass is 10.1. The SMILES string of the molecule is CCCCOc1ccc(C(=O)Nc2ccc(-c3ccc(N4CCCC4)nn3)cc2)cc1. The summed E-state index contributed by atoms with van der Waals surface area (Å²) in [6, 6.07) is 18.9. The number of carbonyl (C=O) groups is 1. The van der Waals surface area contributed by atoms with Crippen LogP contribution in [0.5, 0.6) is 5.75 Å². The number of hydrogen-bond donors (Lipinski definition) is 1. The Morgan fingerprint density at radius 1 is 0.968 bits per heavy atom. The molecule has 6 heteroatoms. The first-order valence-corrected chi connectivity index (χ1v) is 11.0. The molecular formula is C25H28N4O2. The summed E-state index contributed by atoms with van der Waals surface area (Å²) in [5.41, 5.74) is 3.11. The van der Waals surface area contributed by atoms with Gasteiger partial charge in [-0.05, 0) is 67.8 Å². The number of nitrogens with zero attached hydrogens (tertiary/aromatic N) is 3. The second-order valence-corrected chi connectivity index (χ2v) is 7.73. The van der Waals surface area contributed by atoms with Gasteiger partial charge in [-0.2, -0.15) is 0 Å². The van der Waals surface area contributed by atoms with Crippen LogP contribution in [0, 0.1) is 0 Å². The third-order valence-corrected chi connectivity index (χ3v) is 5.40. The van der Waals surface area contributed by atoms with Gasteiger partial charge in [-0.15, -0.1) is 10.2 Å². The average molecular weight is 417 g/mol. The number of unbranched alkanes of at least 4 members (excludes halogenated alkanes) is 1. The molecule has 1 N–H and O–H groups in total. The normalized spacial score (nSPS) is 13.3. The van der Waals surface area contributed by atoms with Gasteiger partial charge in [0, 0.05) is 29.9 Å². The highest BCUT2D eigenvalue weighted by molar-refractivity contribution is 6.04. The number of carbonyl (C=O) groups excluding carboxylic acids is 1. The number of ether oxygens (including phenoxy) is 1. The number of rotatable bonds is 8. The molecule has 2 aromatic carbocycles. The number of hydrogen-bond acceptors (Lipinski definition) is 5. The predicted octanol–water partition coefficient (Wildman–Crippen LogP) is 5.18. The number of benzene rings is 2. The molecule has 0 bridgehead atoms. The third-order valence-electron chi connectivity index (χ3n) is 5.40. The highest BCUT2D eigenvalue weighted by Gasteiger charge is 2.14. The van der Waals surface area contributed by atoms with E-state index in [0.717, 1.165) is 54.4 Å². The van der Waals surface area contributed by atoms with Crippen molar-refractivity contribution in [3.8, 4) is 17.0 Å². The van der Waals surface area contributed by atoms with Gasteiger partial charge in [-0.25, -0.2) is 0 Å². The van der Waals surface area contributed by atoms with Crippen molar-refractivity contribution in [2.45, 2.75) is 32.6 Å². The lowest BCUT2D eigenvalue weighted by molar-refractivity contribution is 0.102. The molecule has 0 saturated carbocycles.